The first kappa shape index (κ1) is 28.2. The van der Waals surface area contributed by atoms with E-state index < -0.39 is 11.6 Å². The van der Waals surface area contributed by atoms with E-state index in [-0.39, 0.29) is 5.97 Å². The Morgan fingerprint density at radius 1 is 1.00 bits per heavy atom. The smallest absolute Gasteiger partial charge is 0.340 e. The predicted molar refractivity (Wildman–Crippen MR) is 166 cm³/mol. The van der Waals surface area contributed by atoms with Crippen LogP contribution in [0.5, 0.6) is 5.75 Å². The molecule has 2 aliphatic rings. The number of rotatable bonds is 5. The number of benzene rings is 2. The van der Waals surface area contributed by atoms with E-state index in [0.29, 0.717) is 23.6 Å². The third kappa shape index (κ3) is 5.13. The summed E-state index contributed by atoms with van der Waals surface area (Å²) in [6, 6.07) is 12.2. The maximum absolute atomic E-state index is 13.2. The summed E-state index contributed by atoms with van der Waals surface area (Å²) in [5.74, 6) is 0.417. The minimum atomic E-state index is -0.597. The normalized spacial score (nSPS) is 15.4. The maximum Gasteiger partial charge on any atom is 0.340 e. The molecule has 42 heavy (non-hydrogen) atoms. The summed E-state index contributed by atoms with van der Waals surface area (Å²) in [4.78, 5) is 26.7. The molecule has 2 aromatic heterocycles. The van der Waals surface area contributed by atoms with Crippen LogP contribution in [-0.4, -0.2) is 40.7 Å². The predicted octanol–water partition coefficient (Wildman–Crippen LogP) is 8.12. The topological polar surface area (TPSA) is 79.7 Å². The highest BCUT2D eigenvalue weighted by Crippen LogP contribution is 2.48. The Hall–Kier alpha value is -3.91. The van der Waals surface area contributed by atoms with Gasteiger partial charge in [0.25, 0.3) is 0 Å². The summed E-state index contributed by atoms with van der Waals surface area (Å²) in [5, 5.41) is 1.16. The molecule has 7 nitrogen and oxygen atoms in total. The van der Waals surface area contributed by atoms with Gasteiger partial charge in [-0.1, -0.05) is 25.3 Å². The van der Waals surface area contributed by atoms with E-state index in [1.807, 2.05) is 39.0 Å². The SMILES string of the molecule is COC(=O)c1cnsc1C1=Cc2cc(OC)ccc2-c2c(C3CCCCC3)c3ccc(C(=O)OC(C)(C)C)cc3n2C1. The maximum atomic E-state index is 13.2. The van der Waals surface area contributed by atoms with E-state index in [0.717, 1.165) is 56.8 Å². The highest BCUT2D eigenvalue weighted by atomic mass is 32.1. The Morgan fingerprint density at radius 3 is 2.50 bits per heavy atom. The Balaban J connectivity index is 1.63. The second-order valence-corrected chi connectivity index (χ2v) is 12.9. The molecule has 0 bridgehead atoms. The third-order valence-electron chi connectivity index (χ3n) is 8.19. The number of aromatic nitrogens is 2. The highest BCUT2D eigenvalue weighted by molar-refractivity contribution is 7.07. The van der Waals surface area contributed by atoms with Crippen molar-refractivity contribution in [3.63, 3.8) is 0 Å². The van der Waals surface area contributed by atoms with Crippen molar-refractivity contribution in [1.82, 2.24) is 8.94 Å². The molecule has 0 atom stereocenters. The summed E-state index contributed by atoms with van der Waals surface area (Å²) in [5.41, 5.74) is 6.90. The molecular weight excluding hydrogens is 548 g/mol. The third-order valence-corrected chi connectivity index (χ3v) is 9.07. The average Bonchev–Trinajstić information content (AvgIpc) is 3.54. The van der Waals surface area contributed by atoms with Crippen LogP contribution in [0.25, 0.3) is 33.8 Å². The summed E-state index contributed by atoms with van der Waals surface area (Å²) < 4.78 is 23.1. The Labute approximate surface area is 250 Å². The van der Waals surface area contributed by atoms with Crippen LogP contribution in [0.3, 0.4) is 0 Å². The van der Waals surface area contributed by atoms with Gasteiger partial charge in [-0.2, -0.15) is 4.37 Å². The first-order chi connectivity index (χ1) is 20.2. The monoisotopic (exact) mass is 584 g/mol. The van der Waals surface area contributed by atoms with Crippen LogP contribution in [0.2, 0.25) is 0 Å². The van der Waals surface area contributed by atoms with E-state index in [2.05, 4.69) is 33.2 Å². The quantitative estimate of drug-likeness (QED) is 0.221. The van der Waals surface area contributed by atoms with Crippen LogP contribution in [-0.2, 0) is 16.0 Å². The fourth-order valence-corrected chi connectivity index (χ4v) is 7.11. The minimum Gasteiger partial charge on any atom is -0.497 e. The molecule has 4 aromatic rings. The molecule has 8 heteroatoms. The Kier molecular flexibility index (Phi) is 7.43. The number of carbonyl (C=O) groups is 2. The zero-order chi connectivity index (χ0) is 29.6. The standard InChI is InChI=1S/C34H36N2O5S/c1-34(2,3)41-32(37)21-11-13-26-28(17-21)36-19-23(31-27(18-35-42-31)33(38)40-5)15-22-16-24(39-4)12-14-25(22)30(36)29(26)20-9-7-6-8-10-20/h11-18,20H,6-10,19H2,1-5H3. The van der Waals surface area contributed by atoms with Crippen LogP contribution in [0.4, 0.5) is 0 Å². The second-order valence-electron chi connectivity index (χ2n) is 12.1. The van der Waals surface area contributed by atoms with Gasteiger partial charge in [0.05, 0.1) is 42.1 Å². The Morgan fingerprint density at radius 2 is 1.79 bits per heavy atom. The first-order valence-electron chi connectivity index (χ1n) is 14.5. The number of esters is 2. The lowest BCUT2D eigenvalue weighted by atomic mass is 9.81. The number of hydrogen-bond acceptors (Lipinski definition) is 7. The van der Waals surface area contributed by atoms with Crippen molar-refractivity contribution in [3.8, 4) is 17.0 Å². The lowest BCUT2D eigenvalue weighted by molar-refractivity contribution is 0.00694. The number of fused-ring (bicyclic) bond motifs is 5. The molecule has 1 aliphatic carbocycles. The molecule has 3 heterocycles. The lowest BCUT2D eigenvalue weighted by Gasteiger charge is -2.24. The summed E-state index contributed by atoms with van der Waals surface area (Å²) in [6.45, 7) is 6.14. The van der Waals surface area contributed by atoms with Crippen LogP contribution < -0.4 is 4.74 Å². The van der Waals surface area contributed by atoms with Crippen molar-refractivity contribution in [2.45, 2.75) is 70.9 Å². The van der Waals surface area contributed by atoms with Gasteiger partial charge in [-0.25, -0.2) is 9.59 Å². The molecular formula is C34H36N2O5S. The number of hydrogen-bond donors (Lipinski definition) is 0. The van der Waals surface area contributed by atoms with Crippen LogP contribution >= 0.6 is 11.5 Å². The molecule has 218 valence electrons. The minimum absolute atomic E-state index is 0.343. The van der Waals surface area contributed by atoms with Crippen molar-refractivity contribution < 1.29 is 23.8 Å². The van der Waals surface area contributed by atoms with Crippen LogP contribution in [0, 0.1) is 0 Å². The van der Waals surface area contributed by atoms with Gasteiger partial charge in [0.15, 0.2) is 0 Å². The molecule has 1 aliphatic heterocycles. The average molecular weight is 585 g/mol. The van der Waals surface area contributed by atoms with E-state index >= 15 is 0 Å². The van der Waals surface area contributed by atoms with Crippen LogP contribution in [0.1, 0.15) is 95.5 Å². The lowest BCUT2D eigenvalue weighted by Crippen LogP contribution is -2.23. The van der Waals surface area contributed by atoms with E-state index in [4.69, 9.17) is 14.2 Å². The summed E-state index contributed by atoms with van der Waals surface area (Å²) in [6.07, 6.45) is 9.64. The van der Waals surface area contributed by atoms with Gasteiger partial charge in [-0.3, -0.25) is 0 Å². The number of methoxy groups -OCH3 is 2. The number of nitrogens with zero attached hydrogens (tertiary/aromatic N) is 2. The molecule has 0 unspecified atom stereocenters. The Bertz CT molecular complexity index is 1720. The molecule has 0 spiro atoms. The molecule has 0 amide bonds. The van der Waals surface area contributed by atoms with Gasteiger partial charge in [0.1, 0.15) is 11.4 Å². The molecule has 0 saturated heterocycles. The molecule has 1 fully saturated rings. The number of ether oxygens (including phenoxy) is 3. The number of allylic oxidation sites excluding steroid dienone is 1. The summed E-state index contributed by atoms with van der Waals surface area (Å²) in [7, 11) is 3.06. The zero-order valence-electron chi connectivity index (χ0n) is 24.8. The van der Waals surface area contributed by atoms with Gasteiger partial charge < -0.3 is 18.8 Å². The summed E-state index contributed by atoms with van der Waals surface area (Å²) >= 11 is 1.29. The van der Waals surface area contributed by atoms with E-state index in [9.17, 15) is 9.59 Å². The van der Waals surface area contributed by atoms with Gasteiger partial charge >= 0.3 is 11.9 Å². The fraction of sp³-hybridized carbons (Fsp3) is 0.382. The number of carbonyl (C=O) groups excluding carboxylic acids is 2. The molecule has 2 aromatic carbocycles. The van der Waals surface area contributed by atoms with Crippen molar-refractivity contribution in [2.24, 2.45) is 0 Å². The molecule has 6 rings (SSSR count). The second kappa shape index (κ2) is 11.1. The van der Waals surface area contributed by atoms with Crippen molar-refractivity contribution in [2.75, 3.05) is 14.2 Å². The fourth-order valence-electron chi connectivity index (χ4n) is 6.37. The highest BCUT2D eigenvalue weighted by Gasteiger charge is 2.31. The molecule has 1 saturated carbocycles. The first-order valence-corrected chi connectivity index (χ1v) is 15.3. The van der Waals surface area contributed by atoms with Crippen molar-refractivity contribution in [3.05, 3.63) is 69.7 Å². The zero-order valence-corrected chi connectivity index (χ0v) is 25.6. The largest absolute Gasteiger partial charge is 0.497 e. The molecule has 0 radical (unpaired) electrons. The van der Waals surface area contributed by atoms with Gasteiger partial charge in [-0.15, -0.1) is 0 Å². The van der Waals surface area contributed by atoms with Gasteiger partial charge in [-0.05, 0) is 104 Å². The van der Waals surface area contributed by atoms with Gasteiger partial charge in [0, 0.05) is 23.0 Å². The van der Waals surface area contributed by atoms with Gasteiger partial charge in [0.2, 0.25) is 0 Å². The van der Waals surface area contributed by atoms with Crippen molar-refractivity contribution >= 4 is 46.0 Å². The van der Waals surface area contributed by atoms with Crippen molar-refractivity contribution in [1.29, 1.82) is 0 Å². The van der Waals surface area contributed by atoms with E-state index in [1.165, 1.54) is 43.5 Å². The van der Waals surface area contributed by atoms with Crippen LogP contribution in [0.15, 0.2) is 42.6 Å². The molecule has 0 N–H and O–H groups in total. The van der Waals surface area contributed by atoms with E-state index in [1.54, 1.807) is 13.3 Å².